The molecule has 2 heterocycles. The van der Waals surface area contributed by atoms with Crippen LogP contribution >= 0.6 is 0 Å². The number of benzene rings is 1. The summed E-state index contributed by atoms with van der Waals surface area (Å²) in [4.78, 5) is 28.2. The van der Waals surface area contributed by atoms with Crippen molar-refractivity contribution in [3.05, 3.63) is 58.4 Å². The van der Waals surface area contributed by atoms with E-state index in [1.54, 1.807) is 19.2 Å². The first-order chi connectivity index (χ1) is 14.5. The van der Waals surface area contributed by atoms with Crippen molar-refractivity contribution in [2.75, 3.05) is 57.9 Å². The van der Waals surface area contributed by atoms with Gasteiger partial charge in [-0.3, -0.25) is 14.5 Å². The molecule has 0 aliphatic carbocycles. The number of ether oxygens (including phenoxy) is 2. The molecule has 162 valence electrons. The first-order valence-electron chi connectivity index (χ1n) is 9.78. The Morgan fingerprint density at radius 3 is 2.60 bits per heavy atom. The van der Waals surface area contributed by atoms with E-state index in [4.69, 9.17) is 13.9 Å². The molecule has 1 N–H and O–H groups in total. The smallest absolute Gasteiger partial charge is 0.258 e. The molecule has 30 heavy (non-hydrogen) atoms. The van der Waals surface area contributed by atoms with Crippen LogP contribution in [0.4, 0.5) is 10.1 Å². The van der Waals surface area contributed by atoms with E-state index in [1.807, 2.05) is 0 Å². The molecule has 0 spiro atoms. The van der Waals surface area contributed by atoms with Crippen molar-refractivity contribution in [1.82, 2.24) is 10.2 Å². The van der Waals surface area contributed by atoms with Gasteiger partial charge in [-0.15, -0.1) is 0 Å². The Morgan fingerprint density at radius 1 is 1.20 bits per heavy atom. The van der Waals surface area contributed by atoms with Crippen LogP contribution in [0.15, 0.2) is 45.8 Å². The zero-order valence-corrected chi connectivity index (χ0v) is 16.9. The third kappa shape index (κ3) is 6.30. The van der Waals surface area contributed by atoms with Gasteiger partial charge in [-0.05, 0) is 24.3 Å². The van der Waals surface area contributed by atoms with Crippen molar-refractivity contribution in [1.29, 1.82) is 0 Å². The summed E-state index contributed by atoms with van der Waals surface area (Å²) in [6.07, 6.45) is 1.24. The van der Waals surface area contributed by atoms with E-state index < -0.39 is 0 Å². The van der Waals surface area contributed by atoms with E-state index in [9.17, 15) is 14.0 Å². The summed E-state index contributed by atoms with van der Waals surface area (Å²) < 4.78 is 28.7. The molecule has 1 aliphatic heterocycles. The summed E-state index contributed by atoms with van der Waals surface area (Å²) in [6, 6.07) is 7.87. The molecule has 0 radical (unpaired) electrons. The Kier molecular flexibility index (Phi) is 7.81. The first kappa shape index (κ1) is 21.8. The topological polar surface area (TPSA) is 84.2 Å². The van der Waals surface area contributed by atoms with Crippen LogP contribution in [0, 0.1) is 5.82 Å². The van der Waals surface area contributed by atoms with Crippen LogP contribution in [0.25, 0.3) is 0 Å². The minimum Gasteiger partial charge on any atom is -0.477 e. The number of rotatable bonds is 9. The van der Waals surface area contributed by atoms with E-state index in [1.165, 1.54) is 24.5 Å². The number of methoxy groups -OCH3 is 1. The number of halogens is 1. The van der Waals surface area contributed by atoms with Crippen molar-refractivity contribution in [3.8, 4) is 5.75 Å². The quantitative estimate of drug-likeness (QED) is 0.613. The number of nitrogens with one attached hydrogen (secondary N) is 1. The summed E-state index contributed by atoms with van der Waals surface area (Å²) in [6.45, 7) is 4.21. The molecule has 1 aromatic carbocycles. The van der Waals surface area contributed by atoms with Gasteiger partial charge in [0.25, 0.3) is 5.91 Å². The van der Waals surface area contributed by atoms with Gasteiger partial charge in [0.2, 0.25) is 11.2 Å². The number of carbonyl (C=O) groups excluding carboxylic acids is 1. The molecule has 1 amide bonds. The van der Waals surface area contributed by atoms with E-state index in [0.717, 1.165) is 31.9 Å². The fourth-order valence-corrected chi connectivity index (χ4v) is 3.15. The van der Waals surface area contributed by atoms with Gasteiger partial charge in [0.1, 0.15) is 17.8 Å². The van der Waals surface area contributed by atoms with Gasteiger partial charge in [-0.25, -0.2) is 4.39 Å². The molecule has 2 aromatic rings. The zero-order valence-electron chi connectivity index (χ0n) is 16.9. The van der Waals surface area contributed by atoms with E-state index in [-0.39, 0.29) is 29.5 Å². The number of hydrogen-bond acceptors (Lipinski definition) is 7. The van der Waals surface area contributed by atoms with Crippen LogP contribution in [0.3, 0.4) is 0 Å². The zero-order chi connectivity index (χ0) is 21.3. The van der Waals surface area contributed by atoms with Gasteiger partial charge >= 0.3 is 0 Å². The molecule has 3 rings (SSSR count). The van der Waals surface area contributed by atoms with Gasteiger partial charge in [0.05, 0.1) is 13.2 Å². The summed E-state index contributed by atoms with van der Waals surface area (Å²) in [5, 5.41) is 2.61. The average Bonchev–Trinajstić information content (AvgIpc) is 2.74. The average molecular weight is 419 g/mol. The Labute approximate surface area is 174 Å². The number of nitrogens with zero attached hydrogens (tertiary/aromatic N) is 2. The molecular formula is C21H26FN3O5. The lowest BCUT2D eigenvalue weighted by atomic mass is 10.2. The molecular weight excluding hydrogens is 393 g/mol. The Morgan fingerprint density at radius 2 is 1.93 bits per heavy atom. The Balaban J connectivity index is 1.46. The molecule has 0 unspecified atom stereocenters. The number of piperazine rings is 1. The summed E-state index contributed by atoms with van der Waals surface area (Å²) in [5.41, 5.74) is 0.668. The van der Waals surface area contributed by atoms with Crippen LogP contribution in [0.2, 0.25) is 0 Å². The van der Waals surface area contributed by atoms with Gasteiger partial charge in [0, 0.05) is 51.6 Å². The largest absolute Gasteiger partial charge is 0.477 e. The van der Waals surface area contributed by atoms with Crippen molar-refractivity contribution >= 4 is 11.6 Å². The predicted octanol–water partition coefficient (Wildman–Crippen LogP) is 1.24. The molecule has 1 saturated heterocycles. The number of anilines is 1. The highest BCUT2D eigenvalue weighted by Crippen LogP contribution is 2.18. The highest BCUT2D eigenvalue weighted by Gasteiger charge is 2.18. The second-order valence-electron chi connectivity index (χ2n) is 6.95. The van der Waals surface area contributed by atoms with Crippen molar-refractivity contribution in [2.45, 2.75) is 6.54 Å². The first-order valence-corrected chi connectivity index (χ1v) is 9.78. The Bertz CT molecular complexity index is 879. The lowest BCUT2D eigenvalue weighted by molar-refractivity contribution is -0.123. The van der Waals surface area contributed by atoms with Gasteiger partial charge in [-0.1, -0.05) is 0 Å². The van der Waals surface area contributed by atoms with Gasteiger partial charge < -0.3 is 24.1 Å². The predicted molar refractivity (Wildman–Crippen MR) is 109 cm³/mol. The monoisotopic (exact) mass is 419 g/mol. The van der Waals surface area contributed by atoms with E-state index in [0.29, 0.717) is 25.5 Å². The summed E-state index contributed by atoms with van der Waals surface area (Å²) in [5.74, 6) is -0.0463. The molecule has 8 nitrogen and oxygen atoms in total. The highest BCUT2D eigenvalue weighted by atomic mass is 19.1. The molecule has 9 heteroatoms. The van der Waals surface area contributed by atoms with E-state index in [2.05, 4.69) is 15.1 Å². The fraction of sp³-hybridized carbons (Fsp3) is 0.429. The van der Waals surface area contributed by atoms with Gasteiger partial charge in [0.15, 0.2) is 6.61 Å². The van der Waals surface area contributed by atoms with Gasteiger partial charge in [-0.2, -0.15) is 0 Å². The lowest BCUT2D eigenvalue weighted by Crippen LogP contribution is -2.46. The third-order valence-corrected chi connectivity index (χ3v) is 4.78. The second kappa shape index (κ2) is 10.7. The lowest BCUT2D eigenvalue weighted by Gasteiger charge is -2.35. The summed E-state index contributed by atoms with van der Waals surface area (Å²) in [7, 11) is 1.54. The second-order valence-corrected chi connectivity index (χ2v) is 6.95. The molecule has 1 aromatic heterocycles. The maximum atomic E-state index is 13.1. The van der Waals surface area contributed by atoms with Crippen molar-refractivity contribution in [3.63, 3.8) is 0 Å². The maximum Gasteiger partial charge on any atom is 0.258 e. The molecule has 0 saturated carbocycles. The number of amides is 1. The standard InChI is InChI=1S/C21H26FN3O5/c1-28-11-6-23-21(27)15-30-20-14-29-18(12-19(20)26)13-24-7-9-25(10-8-24)17-4-2-16(22)3-5-17/h2-5,12,14H,6-11,13,15H2,1H3,(H,23,27). The van der Waals surface area contributed by atoms with Crippen LogP contribution in [-0.4, -0.2) is 63.9 Å². The Hall–Kier alpha value is -2.91. The maximum absolute atomic E-state index is 13.1. The molecule has 1 aliphatic rings. The van der Waals surface area contributed by atoms with Crippen molar-refractivity contribution < 1.29 is 23.1 Å². The minimum absolute atomic E-state index is 0.00164. The van der Waals surface area contributed by atoms with Crippen molar-refractivity contribution in [2.24, 2.45) is 0 Å². The summed E-state index contributed by atoms with van der Waals surface area (Å²) >= 11 is 0. The number of carbonyl (C=O) groups is 1. The SMILES string of the molecule is COCCNC(=O)COc1coc(CN2CCN(c3ccc(F)cc3)CC2)cc1=O. The van der Waals surface area contributed by atoms with E-state index >= 15 is 0 Å². The van der Waals surface area contributed by atoms with Crippen LogP contribution in [0.1, 0.15) is 5.76 Å². The molecule has 0 bridgehead atoms. The normalized spacial score (nSPS) is 14.5. The van der Waals surface area contributed by atoms with Crippen LogP contribution in [0.5, 0.6) is 5.75 Å². The molecule has 1 fully saturated rings. The highest BCUT2D eigenvalue weighted by molar-refractivity contribution is 5.77. The fourth-order valence-electron chi connectivity index (χ4n) is 3.15. The molecule has 0 atom stereocenters. The minimum atomic E-state index is -0.338. The van der Waals surface area contributed by atoms with Crippen LogP contribution < -0.4 is 20.4 Å². The number of hydrogen-bond donors (Lipinski definition) is 1. The van der Waals surface area contributed by atoms with Crippen LogP contribution in [-0.2, 0) is 16.1 Å². The third-order valence-electron chi connectivity index (χ3n) is 4.78.